The summed E-state index contributed by atoms with van der Waals surface area (Å²) in [7, 11) is 0. The number of ether oxygens (including phenoxy) is 1. The van der Waals surface area contributed by atoms with Crippen LogP contribution in [0.1, 0.15) is 90.4 Å². The van der Waals surface area contributed by atoms with Gasteiger partial charge in [-0.15, -0.1) is 0 Å². The summed E-state index contributed by atoms with van der Waals surface area (Å²) in [5, 5.41) is 2.78. The Morgan fingerprint density at radius 1 is 0.880 bits per heavy atom. The van der Waals surface area contributed by atoms with Gasteiger partial charge in [0, 0.05) is 41.5 Å². The maximum absolute atomic E-state index is 11.5. The molecule has 144 valence electrons. The van der Waals surface area contributed by atoms with Gasteiger partial charge in [0.1, 0.15) is 0 Å². The van der Waals surface area contributed by atoms with Crippen LogP contribution >= 0.6 is 22.6 Å². The smallest absolute Gasteiger partial charge is 0.305 e. The molecule has 0 aliphatic carbocycles. The van der Waals surface area contributed by atoms with Crippen LogP contribution in [-0.4, -0.2) is 25.0 Å². The molecule has 0 atom stereocenters. The number of rotatable bonds is 16. The quantitative estimate of drug-likeness (QED) is 0.149. The molecule has 5 heteroatoms. The molecule has 4 nitrogen and oxygen atoms in total. The van der Waals surface area contributed by atoms with Gasteiger partial charge in [-0.3, -0.25) is 9.59 Å². The van der Waals surface area contributed by atoms with Crippen LogP contribution in [0.5, 0.6) is 0 Å². The number of carbonyl (C=O) groups excluding carboxylic acids is 2. The summed E-state index contributed by atoms with van der Waals surface area (Å²) in [6.07, 6.45) is 14.2. The Hall–Kier alpha value is -0.770. The second kappa shape index (κ2) is 19.6. The van der Waals surface area contributed by atoms with Crippen molar-refractivity contribution in [2.24, 2.45) is 0 Å². The van der Waals surface area contributed by atoms with Gasteiger partial charge in [-0.1, -0.05) is 64.7 Å². The van der Waals surface area contributed by atoms with E-state index < -0.39 is 0 Å². The minimum Gasteiger partial charge on any atom is -0.466 e. The lowest BCUT2D eigenvalue weighted by molar-refractivity contribution is -0.143. The molecular formula is C20H34INO3. The first kappa shape index (κ1) is 24.2. The Morgan fingerprint density at radius 3 is 2.12 bits per heavy atom. The predicted molar refractivity (Wildman–Crippen MR) is 111 cm³/mol. The topological polar surface area (TPSA) is 55.4 Å². The highest BCUT2D eigenvalue weighted by molar-refractivity contribution is 14.1. The van der Waals surface area contributed by atoms with Crippen LogP contribution in [0.2, 0.25) is 0 Å². The number of esters is 1. The molecule has 0 saturated carbocycles. The van der Waals surface area contributed by atoms with E-state index in [2.05, 4.69) is 22.1 Å². The molecule has 0 aromatic carbocycles. The van der Waals surface area contributed by atoms with Crippen molar-refractivity contribution in [1.82, 2.24) is 5.32 Å². The van der Waals surface area contributed by atoms with E-state index in [1.165, 1.54) is 38.5 Å². The maximum atomic E-state index is 11.5. The predicted octanol–water partition coefficient (Wildman–Crippen LogP) is 5.13. The Kier molecular flexibility index (Phi) is 19.0. The Morgan fingerprint density at radius 2 is 1.48 bits per heavy atom. The summed E-state index contributed by atoms with van der Waals surface area (Å²) in [6.45, 7) is 3.48. The van der Waals surface area contributed by atoms with Gasteiger partial charge in [0.05, 0.1) is 6.61 Å². The van der Waals surface area contributed by atoms with Crippen LogP contribution in [0.15, 0.2) is 0 Å². The lowest BCUT2D eigenvalue weighted by atomic mass is 10.1. The molecule has 0 aromatic rings. The SMILES string of the molecule is CCCCCCOC(=O)CCCCCCCCCCNC(=O)C#CI. The fourth-order valence-electron chi connectivity index (χ4n) is 2.53. The molecule has 0 spiro atoms. The lowest BCUT2D eigenvalue weighted by Gasteiger charge is -2.05. The molecule has 1 N–H and O–H groups in total. The Bertz CT molecular complexity index is 401. The van der Waals surface area contributed by atoms with Crippen LogP contribution < -0.4 is 5.32 Å². The zero-order valence-corrected chi connectivity index (χ0v) is 17.9. The summed E-state index contributed by atoms with van der Waals surface area (Å²) >= 11 is 1.86. The standard InChI is InChI=1S/C20H34INO3/c1-2-3-4-13-18-25-20(24)14-11-9-7-5-6-8-10-12-17-22-19(23)15-16-21/h2-14,17-18H2,1H3,(H,22,23). The molecule has 0 saturated heterocycles. The highest BCUT2D eigenvalue weighted by Gasteiger charge is 2.02. The molecule has 0 bridgehead atoms. The second-order valence-corrected chi connectivity index (χ2v) is 6.87. The zero-order chi connectivity index (χ0) is 18.6. The average molecular weight is 463 g/mol. The van der Waals surface area contributed by atoms with Crippen molar-refractivity contribution in [3.63, 3.8) is 0 Å². The van der Waals surface area contributed by atoms with Gasteiger partial charge < -0.3 is 10.1 Å². The van der Waals surface area contributed by atoms with Gasteiger partial charge in [0.15, 0.2) is 0 Å². The van der Waals surface area contributed by atoms with Crippen molar-refractivity contribution >= 4 is 34.5 Å². The van der Waals surface area contributed by atoms with E-state index in [0.29, 0.717) is 19.6 Å². The third-order valence-corrected chi connectivity index (χ3v) is 4.28. The summed E-state index contributed by atoms with van der Waals surface area (Å²) in [4.78, 5) is 22.6. The number of amides is 1. The van der Waals surface area contributed by atoms with Gasteiger partial charge in [0.25, 0.3) is 5.91 Å². The van der Waals surface area contributed by atoms with Gasteiger partial charge in [-0.25, -0.2) is 0 Å². The first-order chi connectivity index (χ1) is 12.2. The molecule has 0 aliphatic rings. The van der Waals surface area contributed by atoms with Crippen LogP contribution in [0, 0.1) is 9.85 Å². The van der Waals surface area contributed by atoms with E-state index in [1.54, 1.807) is 0 Å². The monoisotopic (exact) mass is 463 g/mol. The molecular weight excluding hydrogens is 429 g/mol. The van der Waals surface area contributed by atoms with E-state index in [-0.39, 0.29) is 11.9 Å². The molecule has 0 aliphatic heterocycles. The van der Waals surface area contributed by atoms with Gasteiger partial charge in [-0.2, -0.15) is 0 Å². The minimum atomic E-state index is -0.186. The number of hydrogen-bond acceptors (Lipinski definition) is 3. The molecule has 0 unspecified atom stereocenters. The number of unbranched alkanes of at least 4 members (excludes halogenated alkanes) is 10. The molecule has 1 amide bonds. The van der Waals surface area contributed by atoms with Crippen molar-refractivity contribution < 1.29 is 14.3 Å². The van der Waals surface area contributed by atoms with E-state index in [1.807, 2.05) is 22.6 Å². The number of halogens is 1. The molecule has 0 fully saturated rings. The van der Waals surface area contributed by atoms with Crippen LogP contribution in [0.3, 0.4) is 0 Å². The molecule has 0 rings (SSSR count). The van der Waals surface area contributed by atoms with Crippen LogP contribution in [0.4, 0.5) is 0 Å². The van der Waals surface area contributed by atoms with E-state index in [4.69, 9.17) is 4.74 Å². The largest absolute Gasteiger partial charge is 0.466 e. The third kappa shape index (κ3) is 19.4. The number of nitrogens with one attached hydrogen (secondary N) is 1. The highest BCUT2D eigenvalue weighted by Crippen LogP contribution is 2.10. The summed E-state index contributed by atoms with van der Waals surface area (Å²) < 4.78 is 7.78. The fourth-order valence-corrected chi connectivity index (χ4v) is 2.78. The number of carbonyl (C=O) groups is 2. The first-order valence-corrected chi connectivity index (χ1v) is 10.8. The number of hydrogen-bond donors (Lipinski definition) is 1. The van der Waals surface area contributed by atoms with Crippen molar-refractivity contribution in [3.8, 4) is 9.85 Å². The fraction of sp³-hybridized carbons (Fsp3) is 0.800. The average Bonchev–Trinajstić information content (AvgIpc) is 2.59. The molecule has 0 radical (unpaired) electrons. The van der Waals surface area contributed by atoms with Crippen LogP contribution in [0.25, 0.3) is 0 Å². The third-order valence-electron chi connectivity index (χ3n) is 4.01. The highest BCUT2D eigenvalue weighted by atomic mass is 127. The van der Waals surface area contributed by atoms with Crippen molar-refractivity contribution in [3.05, 3.63) is 0 Å². The van der Waals surface area contributed by atoms with E-state index in [0.717, 1.165) is 38.5 Å². The normalized spacial score (nSPS) is 10.0. The second-order valence-electron chi connectivity index (χ2n) is 6.33. The van der Waals surface area contributed by atoms with Crippen molar-refractivity contribution in [2.45, 2.75) is 90.4 Å². The van der Waals surface area contributed by atoms with Crippen molar-refractivity contribution in [2.75, 3.05) is 13.2 Å². The summed E-state index contributed by atoms with van der Waals surface area (Å²) in [5.74, 6) is 2.23. The van der Waals surface area contributed by atoms with Gasteiger partial charge >= 0.3 is 5.97 Å². The maximum Gasteiger partial charge on any atom is 0.305 e. The molecule has 0 heterocycles. The minimum absolute atomic E-state index is 0.0363. The summed E-state index contributed by atoms with van der Waals surface area (Å²) in [5.41, 5.74) is 0. The molecule has 0 aromatic heterocycles. The van der Waals surface area contributed by atoms with Crippen molar-refractivity contribution in [1.29, 1.82) is 0 Å². The summed E-state index contributed by atoms with van der Waals surface area (Å²) in [6, 6.07) is 0. The Labute approximate surface area is 167 Å². The van der Waals surface area contributed by atoms with Gasteiger partial charge in [-0.05, 0) is 23.2 Å². The Balaban J connectivity index is 3.21. The van der Waals surface area contributed by atoms with E-state index in [9.17, 15) is 9.59 Å². The zero-order valence-electron chi connectivity index (χ0n) is 15.7. The van der Waals surface area contributed by atoms with Gasteiger partial charge in [0.2, 0.25) is 0 Å². The molecule has 25 heavy (non-hydrogen) atoms. The van der Waals surface area contributed by atoms with Crippen LogP contribution in [-0.2, 0) is 14.3 Å². The lowest BCUT2D eigenvalue weighted by Crippen LogP contribution is -2.22. The van der Waals surface area contributed by atoms with E-state index >= 15 is 0 Å². The first-order valence-electron chi connectivity index (χ1n) is 9.75.